The molecule has 0 amide bonds. The van der Waals surface area contributed by atoms with Gasteiger partial charge in [-0.3, -0.25) is 0 Å². The first kappa shape index (κ1) is 9.50. The third-order valence-corrected chi connectivity index (χ3v) is 3.69. The van der Waals surface area contributed by atoms with Gasteiger partial charge in [-0.1, -0.05) is 19.1 Å². The minimum atomic E-state index is -0.336. The molecule has 76 valence electrons. The van der Waals surface area contributed by atoms with E-state index < -0.39 is 0 Å². The summed E-state index contributed by atoms with van der Waals surface area (Å²) >= 11 is 0. The molecule has 2 nitrogen and oxygen atoms in total. The number of rotatable bonds is 0. The molecule has 2 aliphatic rings. The summed E-state index contributed by atoms with van der Waals surface area (Å²) in [5, 5.41) is 0. The molecule has 0 bridgehead atoms. The number of hydrogen-bond donors (Lipinski definition) is 0. The summed E-state index contributed by atoms with van der Waals surface area (Å²) in [6.45, 7) is 10.0. The molecule has 1 aliphatic carbocycles. The summed E-state index contributed by atoms with van der Waals surface area (Å²) in [6.07, 6.45) is 1.71. The minimum absolute atomic E-state index is 0.149. The average Bonchev–Trinajstić information content (AvgIpc) is 2.49. The van der Waals surface area contributed by atoms with Crippen LogP contribution in [0, 0.1) is 5.92 Å². The predicted molar refractivity (Wildman–Crippen MR) is 54.7 cm³/mol. The Bertz CT molecular complexity index is 351. The second kappa shape index (κ2) is 2.72. The van der Waals surface area contributed by atoms with Crippen LogP contribution in [0.1, 0.15) is 33.6 Å². The molecule has 2 rings (SSSR count). The maximum atomic E-state index is 11.4. The van der Waals surface area contributed by atoms with Gasteiger partial charge < -0.3 is 4.74 Å². The Hall–Kier alpha value is -1.05. The number of hydrogen-bond acceptors (Lipinski definition) is 2. The van der Waals surface area contributed by atoms with Gasteiger partial charge in [0.25, 0.3) is 0 Å². The van der Waals surface area contributed by atoms with E-state index in [1.807, 2.05) is 13.8 Å². The van der Waals surface area contributed by atoms with Crippen LogP contribution in [0.5, 0.6) is 0 Å². The van der Waals surface area contributed by atoms with Crippen LogP contribution in [-0.2, 0) is 9.53 Å². The molecule has 1 saturated carbocycles. The van der Waals surface area contributed by atoms with Gasteiger partial charge in [0.1, 0.15) is 5.60 Å². The van der Waals surface area contributed by atoms with Crippen LogP contribution < -0.4 is 0 Å². The second-order valence-electron chi connectivity index (χ2n) is 4.57. The smallest absolute Gasteiger partial charge is 0.334 e. The van der Waals surface area contributed by atoms with Crippen molar-refractivity contribution < 1.29 is 9.53 Å². The number of esters is 1. The Labute approximate surface area is 84.6 Å². The van der Waals surface area contributed by atoms with Crippen molar-refractivity contribution >= 4 is 5.97 Å². The molecule has 2 heteroatoms. The number of carbonyl (C=O) groups excluding carboxylic acids is 1. The molecule has 0 saturated heterocycles. The monoisotopic (exact) mass is 192 g/mol. The quantitative estimate of drug-likeness (QED) is 0.435. The molecule has 14 heavy (non-hydrogen) atoms. The Kier molecular flexibility index (Phi) is 1.85. The molecule has 1 aliphatic heterocycles. The fraction of sp³-hybridized carbons (Fsp3) is 0.583. The minimum Gasteiger partial charge on any atom is -0.451 e. The van der Waals surface area contributed by atoms with Crippen LogP contribution in [0.2, 0.25) is 0 Å². The van der Waals surface area contributed by atoms with Crippen molar-refractivity contribution in [2.75, 3.05) is 0 Å². The predicted octanol–water partition coefficient (Wildman–Crippen LogP) is 2.60. The van der Waals surface area contributed by atoms with E-state index in [9.17, 15) is 4.79 Å². The van der Waals surface area contributed by atoms with Gasteiger partial charge in [-0.2, -0.15) is 0 Å². The summed E-state index contributed by atoms with van der Waals surface area (Å²) in [7, 11) is 0. The SMILES string of the molecule is C=C1CC2(CC1C)OC(=O)C(C)=C2C. The first-order valence-electron chi connectivity index (χ1n) is 5.05. The molecule has 0 aromatic rings. The summed E-state index contributed by atoms with van der Waals surface area (Å²) < 4.78 is 5.50. The van der Waals surface area contributed by atoms with E-state index in [-0.39, 0.29) is 11.6 Å². The fourth-order valence-corrected chi connectivity index (χ4v) is 2.44. The van der Waals surface area contributed by atoms with Crippen molar-refractivity contribution in [3.63, 3.8) is 0 Å². The van der Waals surface area contributed by atoms with Crippen LogP contribution in [0.4, 0.5) is 0 Å². The summed E-state index contributed by atoms with van der Waals surface area (Å²) in [4.78, 5) is 11.4. The van der Waals surface area contributed by atoms with E-state index in [1.165, 1.54) is 5.57 Å². The maximum Gasteiger partial charge on any atom is 0.334 e. The average molecular weight is 192 g/mol. The molecule has 0 aromatic carbocycles. The zero-order valence-corrected chi connectivity index (χ0v) is 9.02. The van der Waals surface area contributed by atoms with Gasteiger partial charge in [0.15, 0.2) is 0 Å². The molecular formula is C12H16O2. The first-order chi connectivity index (χ1) is 6.46. The van der Waals surface area contributed by atoms with Crippen molar-refractivity contribution in [2.24, 2.45) is 5.92 Å². The van der Waals surface area contributed by atoms with Crippen molar-refractivity contribution in [1.82, 2.24) is 0 Å². The lowest BCUT2D eigenvalue weighted by atomic mass is 9.91. The third kappa shape index (κ3) is 1.06. The molecule has 1 spiro atoms. The van der Waals surface area contributed by atoms with E-state index in [0.29, 0.717) is 5.92 Å². The Morgan fingerprint density at radius 3 is 2.50 bits per heavy atom. The number of ether oxygens (including phenoxy) is 1. The largest absolute Gasteiger partial charge is 0.451 e. The fourth-order valence-electron chi connectivity index (χ4n) is 2.44. The van der Waals surface area contributed by atoms with Gasteiger partial charge in [-0.05, 0) is 31.8 Å². The van der Waals surface area contributed by atoms with Crippen molar-refractivity contribution in [2.45, 2.75) is 39.2 Å². The topological polar surface area (TPSA) is 26.3 Å². The summed E-state index contributed by atoms with van der Waals surface area (Å²) in [5.41, 5.74) is 2.75. The van der Waals surface area contributed by atoms with Gasteiger partial charge in [0.2, 0.25) is 0 Å². The van der Waals surface area contributed by atoms with E-state index >= 15 is 0 Å². The van der Waals surface area contributed by atoms with Gasteiger partial charge >= 0.3 is 5.97 Å². The molecule has 0 N–H and O–H groups in total. The highest BCUT2D eigenvalue weighted by molar-refractivity contribution is 5.92. The Morgan fingerprint density at radius 2 is 2.14 bits per heavy atom. The Balaban J connectivity index is 2.38. The van der Waals surface area contributed by atoms with Crippen LogP contribution in [0.3, 0.4) is 0 Å². The normalized spacial score (nSPS) is 37.2. The van der Waals surface area contributed by atoms with Gasteiger partial charge in [-0.25, -0.2) is 4.79 Å². The highest BCUT2D eigenvalue weighted by Crippen LogP contribution is 2.48. The maximum absolute atomic E-state index is 11.4. The van der Waals surface area contributed by atoms with Crippen LogP contribution >= 0.6 is 0 Å². The lowest BCUT2D eigenvalue weighted by Crippen LogP contribution is -2.27. The molecule has 1 heterocycles. The van der Waals surface area contributed by atoms with Crippen molar-refractivity contribution in [3.8, 4) is 0 Å². The lowest BCUT2D eigenvalue weighted by Gasteiger charge is -2.23. The van der Waals surface area contributed by atoms with E-state index in [4.69, 9.17) is 4.74 Å². The molecular weight excluding hydrogens is 176 g/mol. The van der Waals surface area contributed by atoms with Crippen molar-refractivity contribution in [1.29, 1.82) is 0 Å². The van der Waals surface area contributed by atoms with E-state index in [2.05, 4.69) is 13.5 Å². The van der Waals surface area contributed by atoms with Gasteiger partial charge in [0.05, 0.1) is 0 Å². The first-order valence-corrected chi connectivity index (χ1v) is 5.05. The van der Waals surface area contributed by atoms with Crippen molar-refractivity contribution in [3.05, 3.63) is 23.3 Å². The molecule has 1 fully saturated rings. The highest BCUT2D eigenvalue weighted by atomic mass is 16.6. The van der Waals surface area contributed by atoms with Crippen LogP contribution in [0.15, 0.2) is 23.3 Å². The lowest BCUT2D eigenvalue weighted by molar-refractivity contribution is -0.146. The zero-order chi connectivity index (χ0) is 10.5. The summed E-state index contributed by atoms with van der Waals surface area (Å²) in [6, 6.07) is 0. The Morgan fingerprint density at radius 1 is 1.50 bits per heavy atom. The summed E-state index contributed by atoms with van der Waals surface area (Å²) in [5.74, 6) is 0.313. The van der Waals surface area contributed by atoms with E-state index in [1.54, 1.807) is 0 Å². The molecule has 0 aromatic heterocycles. The van der Waals surface area contributed by atoms with Gasteiger partial charge in [-0.15, -0.1) is 0 Å². The second-order valence-corrected chi connectivity index (χ2v) is 4.57. The zero-order valence-electron chi connectivity index (χ0n) is 9.02. The third-order valence-electron chi connectivity index (χ3n) is 3.69. The standard InChI is InChI=1S/C12H16O2/c1-7-5-12(6-8(7)2)10(4)9(3)11(13)14-12/h8H,1,5-6H2,2-4H3. The molecule has 2 unspecified atom stereocenters. The van der Waals surface area contributed by atoms with Crippen LogP contribution in [-0.4, -0.2) is 11.6 Å². The van der Waals surface area contributed by atoms with Crippen LogP contribution in [0.25, 0.3) is 0 Å². The molecule has 2 atom stereocenters. The van der Waals surface area contributed by atoms with E-state index in [0.717, 1.165) is 24.0 Å². The number of carbonyl (C=O) groups is 1. The highest BCUT2D eigenvalue weighted by Gasteiger charge is 2.49. The van der Waals surface area contributed by atoms with Gasteiger partial charge in [0, 0.05) is 12.0 Å². The molecule has 0 radical (unpaired) electrons.